The lowest BCUT2D eigenvalue weighted by Gasteiger charge is -2.23. The summed E-state index contributed by atoms with van der Waals surface area (Å²) in [7, 11) is 2.11. The molecule has 1 aromatic rings. The van der Waals surface area contributed by atoms with Gasteiger partial charge in [-0.05, 0) is 43.0 Å². The highest BCUT2D eigenvalue weighted by Crippen LogP contribution is 2.29. The number of nitrogens with one attached hydrogen (secondary N) is 2. The third kappa shape index (κ3) is 2.89. The van der Waals surface area contributed by atoms with Crippen molar-refractivity contribution in [3.63, 3.8) is 0 Å². The van der Waals surface area contributed by atoms with Crippen molar-refractivity contribution in [1.82, 2.24) is 5.32 Å². The molecule has 2 N–H and O–H groups in total. The molecule has 0 saturated heterocycles. The average molecular weight is 273 g/mol. The number of carbonyl (C=O) groups excluding carboxylic acids is 1. The van der Waals surface area contributed by atoms with Crippen molar-refractivity contribution in [3.8, 4) is 0 Å². The molecule has 0 aromatic heterocycles. The van der Waals surface area contributed by atoms with E-state index in [0.29, 0.717) is 6.04 Å². The zero-order chi connectivity index (χ0) is 13.9. The number of hydrogen-bond donors (Lipinski definition) is 2. The molecule has 0 bridgehead atoms. The maximum atomic E-state index is 12.0. The van der Waals surface area contributed by atoms with Crippen LogP contribution in [0, 0.1) is 0 Å². The Balaban J connectivity index is 1.58. The van der Waals surface area contributed by atoms with Gasteiger partial charge < -0.3 is 15.5 Å². The van der Waals surface area contributed by atoms with E-state index in [2.05, 4.69) is 34.7 Å². The lowest BCUT2D eigenvalue weighted by atomic mass is 9.96. The van der Waals surface area contributed by atoms with Crippen molar-refractivity contribution in [1.29, 1.82) is 0 Å². The van der Waals surface area contributed by atoms with Gasteiger partial charge in [0, 0.05) is 31.0 Å². The molecule has 4 heteroatoms. The van der Waals surface area contributed by atoms with Crippen LogP contribution in [0.1, 0.15) is 37.7 Å². The molecule has 108 valence electrons. The van der Waals surface area contributed by atoms with Gasteiger partial charge in [-0.2, -0.15) is 0 Å². The maximum Gasteiger partial charge on any atom is 0.319 e. The highest BCUT2D eigenvalue weighted by atomic mass is 16.2. The van der Waals surface area contributed by atoms with Crippen molar-refractivity contribution in [2.75, 3.05) is 23.8 Å². The van der Waals surface area contributed by atoms with Crippen LogP contribution in [0.5, 0.6) is 0 Å². The van der Waals surface area contributed by atoms with E-state index in [-0.39, 0.29) is 6.03 Å². The first-order valence-corrected chi connectivity index (χ1v) is 7.64. The SMILES string of the molecule is CN1CCc2cc(NC(=O)NC3CCCCC3)ccc21. The van der Waals surface area contributed by atoms with Crippen LogP contribution in [-0.4, -0.2) is 25.7 Å². The Labute approximate surface area is 120 Å². The smallest absolute Gasteiger partial charge is 0.319 e. The van der Waals surface area contributed by atoms with Gasteiger partial charge in [0.2, 0.25) is 0 Å². The number of hydrogen-bond acceptors (Lipinski definition) is 2. The Bertz CT molecular complexity index is 494. The molecule has 1 aliphatic heterocycles. The fourth-order valence-corrected chi connectivity index (χ4v) is 3.24. The average Bonchev–Trinajstić information content (AvgIpc) is 2.81. The van der Waals surface area contributed by atoms with E-state index in [9.17, 15) is 4.79 Å². The zero-order valence-corrected chi connectivity index (χ0v) is 12.1. The number of nitrogens with zero attached hydrogens (tertiary/aromatic N) is 1. The fraction of sp³-hybridized carbons (Fsp3) is 0.562. The maximum absolute atomic E-state index is 12.0. The fourth-order valence-electron chi connectivity index (χ4n) is 3.24. The number of amides is 2. The Morgan fingerprint density at radius 1 is 1.25 bits per heavy atom. The molecule has 1 aliphatic carbocycles. The summed E-state index contributed by atoms with van der Waals surface area (Å²) in [5.74, 6) is 0. The van der Waals surface area contributed by atoms with E-state index in [1.165, 1.54) is 30.5 Å². The zero-order valence-electron chi connectivity index (χ0n) is 12.1. The standard InChI is InChI=1S/C16H23N3O/c1-19-10-9-12-11-14(7-8-15(12)19)18-16(20)17-13-5-3-2-4-6-13/h7-8,11,13H,2-6,9-10H2,1H3,(H2,17,18,20). The number of rotatable bonds is 2. The van der Waals surface area contributed by atoms with Gasteiger partial charge in [0.25, 0.3) is 0 Å². The molecule has 0 atom stereocenters. The summed E-state index contributed by atoms with van der Waals surface area (Å²) in [5, 5.41) is 6.05. The minimum absolute atomic E-state index is 0.0665. The van der Waals surface area contributed by atoms with Crippen LogP contribution in [0.15, 0.2) is 18.2 Å². The molecule has 2 amide bonds. The van der Waals surface area contributed by atoms with Gasteiger partial charge in [-0.25, -0.2) is 4.79 Å². The van der Waals surface area contributed by atoms with Crippen LogP contribution in [0.2, 0.25) is 0 Å². The molecular weight excluding hydrogens is 250 g/mol. The van der Waals surface area contributed by atoms with Gasteiger partial charge >= 0.3 is 6.03 Å². The van der Waals surface area contributed by atoms with Crippen molar-refractivity contribution in [2.45, 2.75) is 44.6 Å². The van der Waals surface area contributed by atoms with Crippen LogP contribution >= 0.6 is 0 Å². The molecule has 20 heavy (non-hydrogen) atoms. The van der Waals surface area contributed by atoms with E-state index in [0.717, 1.165) is 31.5 Å². The first-order chi connectivity index (χ1) is 9.72. The molecule has 1 saturated carbocycles. The summed E-state index contributed by atoms with van der Waals surface area (Å²) in [6.07, 6.45) is 7.06. The molecule has 3 rings (SSSR count). The van der Waals surface area contributed by atoms with E-state index in [1.807, 2.05) is 6.07 Å². The number of benzene rings is 1. The monoisotopic (exact) mass is 273 g/mol. The Kier molecular flexibility index (Phi) is 3.81. The summed E-state index contributed by atoms with van der Waals surface area (Å²) in [4.78, 5) is 14.3. The van der Waals surface area contributed by atoms with Gasteiger partial charge in [0.1, 0.15) is 0 Å². The van der Waals surface area contributed by atoms with Crippen molar-refractivity contribution >= 4 is 17.4 Å². The second kappa shape index (κ2) is 5.73. The van der Waals surface area contributed by atoms with Crippen LogP contribution in [0.25, 0.3) is 0 Å². The largest absolute Gasteiger partial charge is 0.374 e. The molecule has 2 aliphatic rings. The van der Waals surface area contributed by atoms with Crippen molar-refractivity contribution in [2.24, 2.45) is 0 Å². The highest BCUT2D eigenvalue weighted by molar-refractivity contribution is 5.90. The van der Waals surface area contributed by atoms with Gasteiger partial charge in [0.05, 0.1) is 0 Å². The number of anilines is 2. The number of carbonyl (C=O) groups is 1. The minimum atomic E-state index is -0.0665. The third-order valence-corrected chi connectivity index (χ3v) is 4.41. The molecule has 4 nitrogen and oxygen atoms in total. The number of likely N-dealkylation sites (N-methyl/N-ethyl adjacent to an activating group) is 1. The van der Waals surface area contributed by atoms with E-state index in [4.69, 9.17) is 0 Å². The Morgan fingerprint density at radius 3 is 2.85 bits per heavy atom. The minimum Gasteiger partial charge on any atom is -0.374 e. The Morgan fingerprint density at radius 2 is 2.05 bits per heavy atom. The molecule has 0 spiro atoms. The predicted octanol–water partition coefficient (Wildman–Crippen LogP) is 3.13. The Hall–Kier alpha value is -1.71. The summed E-state index contributed by atoms with van der Waals surface area (Å²) >= 11 is 0. The lowest BCUT2D eigenvalue weighted by molar-refractivity contribution is 0.244. The normalized spacial score (nSPS) is 18.8. The number of fused-ring (bicyclic) bond motifs is 1. The van der Waals surface area contributed by atoms with E-state index >= 15 is 0 Å². The van der Waals surface area contributed by atoms with Crippen molar-refractivity contribution < 1.29 is 4.79 Å². The van der Waals surface area contributed by atoms with E-state index in [1.54, 1.807) is 0 Å². The second-order valence-corrected chi connectivity index (χ2v) is 5.95. The van der Waals surface area contributed by atoms with Crippen molar-refractivity contribution in [3.05, 3.63) is 23.8 Å². The quantitative estimate of drug-likeness (QED) is 0.869. The second-order valence-electron chi connectivity index (χ2n) is 5.95. The predicted molar refractivity (Wildman–Crippen MR) is 82.4 cm³/mol. The molecule has 0 unspecified atom stereocenters. The topological polar surface area (TPSA) is 44.4 Å². The van der Waals surface area contributed by atoms with Crippen LogP contribution in [-0.2, 0) is 6.42 Å². The van der Waals surface area contributed by atoms with Crippen LogP contribution in [0.4, 0.5) is 16.2 Å². The number of urea groups is 1. The van der Waals surface area contributed by atoms with Crippen LogP contribution in [0.3, 0.4) is 0 Å². The summed E-state index contributed by atoms with van der Waals surface area (Å²) < 4.78 is 0. The third-order valence-electron chi connectivity index (χ3n) is 4.41. The summed E-state index contributed by atoms with van der Waals surface area (Å²) in [5.41, 5.74) is 3.50. The summed E-state index contributed by atoms with van der Waals surface area (Å²) in [6.45, 7) is 1.06. The van der Waals surface area contributed by atoms with Gasteiger partial charge in [-0.15, -0.1) is 0 Å². The van der Waals surface area contributed by atoms with Gasteiger partial charge in [-0.1, -0.05) is 19.3 Å². The first-order valence-electron chi connectivity index (χ1n) is 7.64. The van der Waals surface area contributed by atoms with Gasteiger partial charge in [0.15, 0.2) is 0 Å². The molecule has 1 aromatic carbocycles. The first kappa shape index (κ1) is 13.3. The molecule has 1 fully saturated rings. The van der Waals surface area contributed by atoms with E-state index < -0.39 is 0 Å². The lowest BCUT2D eigenvalue weighted by Crippen LogP contribution is -2.39. The molecule has 1 heterocycles. The van der Waals surface area contributed by atoms with Crippen LogP contribution < -0.4 is 15.5 Å². The summed E-state index contributed by atoms with van der Waals surface area (Å²) in [6, 6.07) is 6.46. The van der Waals surface area contributed by atoms with Gasteiger partial charge in [-0.3, -0.25) is 0 Å². The molecular formula is C16H23N3O. The molecule has 0 radical (unpaired) electrons. The highest BCUT2D eigenvalue weighted by Gasteiger charge is 2.18.